The molecule has 41 heavy (non-hydrogen) atoms. The zero-order valence-corrected chi connectivity index (χ0v) is 25.8. The third-order valence-corrected chi connectivity index (χ3v) is 9.00. The summed E-state index contributed by atoms with van der Waals surface area (Å²) < 4.78 is 14.8. The lowest BCUT2D eigenvalue weighted by molar-refractivity contribution is -0.113. The molecule has 0 fully saturated rings. The van der Waals surface area contributed by atoms with E-state index in [-0.39, 0.29) is 17.2 Å². The number of nitrogens with one attached hydrogen (secondary N) is 1. The Bertz CT molecular complexity index is 1900. The van der Waals surface area contributed by atoms with Gasteiger partial charge in [0.05, 0.1) is 31.3 Å². The first-order chi connectivity index (χ1) is 19.7. The highest BCUT2D eigenvalue weighted by molar-refractivity contribution is 7.99. The molecule has 0 aliphatic carbocycles. The van der Waals surface area contributed by atoms with Crippen molar-refractivity contribution in [1.29, 1.82) is 0 Å². The second kappa shape index (κ2) is 12.1. The molecule has 5 aromatic rings. The van der Waals surface area contributed by atoms with E-state index in [0.717, 1.165) is 28.6 Å². The Balaban J connectivity index is 1.57. The quantitative estimate of drug-likeness (QED) is 0.113. The minimum absolute atomic E-state index is 0.0100. The summed E-state index contributed by atoms with van der Waals surface area (Å²) in [6, 6.07) is 18.2. The Morgan fingerprint density at radius 2 is 1.76 bits per heavy atom. The van der Waals surface area contributed by atoms with Gasteiger partial charge in [-0.3, -0.25) is 18.7 Å². The summed E-state index contributed by atoms with van der Waals surface area (Å²) in [6.45, 7) is 3.88. The molecule has 2 heterocycles. The van der Waals surface area contributed by atoms with Gasteiger partial charge in [-0.1, -0.05) is 52.4 Å². The van der Waals surface area contributed by atoms with Gasteiger partial charge in [-0.15, -0.1) is 0 Å². The number of amides is 1. The third-order valence-electron chi connectivity index (χ3n) is 6.28. The minimum Gasteiger partial charge on any atom is -0.497 e. The SMILES string of the molecule is COc1ccc(NC(=O)CSc2nc3c(sc(=S)n3-c3ccc(Cl)c(C)c3)c(=O)n2-c2ccc(C)cc2)c(OC)c1. The maximum absolute atomic E-state index is 13.9. The van der Waals surface area contributed by atoms with Crippen LogP contribution in [-0.4, -0.2) is 40.0 Å². The fourth-order valence-electron chi connectivity index (χ4n) is 4.17. The van der Waals surface area contributed by atoms with Crippen LogP contribution in [0.15, 0.2) is 70.6 Å². The zero-order valence-electron chi connectivity index (χ0n) is 22.6. The van der Waals surface area contributed by atoms with Gasteiger partial charge in [-0.05, 0) is 74.1 Å². The molecule has 0 aliphatic rings. The first-order valence-electron chi connectivity index (χ1n) is 12.4. The Kier molecular flexibility index (Phi) is 8.50. The van der Waals surface area contributed by atoms with Crippen LogP contribution in [0.2, 0.25) is 5.02 Å². The predicted molar refractivity (Wildman–Crippen MR) is 169 cm³/mol. The topological polar surface area (TPSA) is 87.4 Å². The molecule has 1 amide bonds. The third kappa shape index (κ3) is 5.89. The van der Waals surface area contributed by atoms with Crippen LogP contribution in [-0.2, 0) is 4.79 Å². The molecule has 8 nitrogen and oxygen atoms in total. The molecule has 5 rings (SSSR count). The molecule has 0 bridgehead atoms. The van der Waals surface area contributed by atoms with E-state index in [2.05, 4.69) is 5.32 Å². The van der Waals surface area contributed by atoms with Crippen LogP contribution < -0.4 is 20.3 Å². The number of nitrogens with zero attached hydrogens (tertiary/aromatic N) is 3. The summed E-state index contributed by atoms with van der Waals surface area (Å²) in [5.41, 5.74) is 3.99. The van der Waals surface area contributed by atoms with E-state index >= 15 is 0 Å². The lowest BCUT2D eigenvalue weighted by Gasteiger charge is -2.14. The van der Waals surface area contributed by atoms with Crippen molar-refractivity contribution in [2.45, 2.75) is 19.0 Å². The summed E-state index contributed by atoms with van der Waals surface area (Å²) in [7, 11) is 3.07. The molecule has 0 atom stereocenters. The number of thiazole rings is 1. The molecule has 0 radical (unpaired) electrons. The van der Waals surface area contributed by atoms with Crippen molar-refractivity contribution >= 4 is 68.9 Å². The van der Waals surface area contributed by atoms with Gasteiger partial charge in [0, 0.05) is 16.8 Å². The molecular weight excluding hydrogens is 600 g/mol. The number of rotatable bonds is 8. The summed E-state index contributed by atoms with van der Waals surface area (Å²) in [4.78, 5) is 31.9. The molecule has 0 saturated carbocycles. The normalized spacial score (nSPS) is 11.0. The van der Waals surface area contributed by atoms with Crippen LogP contribution >= 0.6 is 46.9 Å². The van der Waals surface area contributed by atoms with E-state index in [1.165, 1.54) is 23.0 Å². The van der Waals surface area contributed by atoms with Gasteiger partial charge in [0.2, 0.25) is 5.91 Å². The molecule has 2 aromatic heterocycles. The number of methoxy groups -OCH3 is 2. The van der Waals surface area contributed by atoms with Crippen molar-refractivity contribution < 1.29 is 14.3 Å². The largest absolute Gasteiger partial charge is 0.497 e. The van der Waals surface area contributed by atoms with Crippen LogP contribution in [0.5, 0.6) is 11.5 Å². The average Bonchev–Trinajstić information content (AvgIpc) is 3.30. The van der Waals surface area contributed by atoms with Crippen LogP contribution in [0.1, 0.15) is 11.1 Å². The number of aromatic nitrogens is 3. The van der Waals surface area contributed by atoms with Gasteiger partial charge >= 0.3 is 0 Å². The van der Waals surface area contributed by atoms with E-state index in [4.69, 9.17) is 38.3 Å². The monoisotopic (exact) mass is 624 g/mol. The second-order valence-corrected chi connectivity index (χ2v) is 12.1. The predicted octanol–water partition coefficient (Wildman–Crippen LogP) is 6.99. The summed E-state index contributed by atoms with van der Waals surface area (Å²) in [6.07, 6.45) is 0. The summed E-state index contributed by atoms with van der Waals surface area (Å²) >= 11 is 14.3. The second-order valence-electron chi connectivity index (χ2n) is 9.06. The summed E-state index contributed by atoms with van der Waals surface area (Å²) in [5.74, 6) is 0.771. The highest BCUT2D eigenvalue weighted by atomic mass is 35.5. The zero-order chi connectivity index (χ0) is 29.3. The maximum Gasteiger partial charge on any atom is 0.278 e. The molecule has 210 valence electrons. The lowest BCUT2D eigenvalue weighted by Crippen LogP contribution is -2.23. The number of benzene rings is 3. The molecule has 0 unspecified atom stereocenters. The molecule has 0 saturated heterocycles. The molecular formula is C29H25ClN4O4S3. The molecule has 12 heteroatoms. The Hall–Kier alpha value is -3.64. The lowest BCUT2D eigenvalue weighted by atomic mass is 10.2. The Labute approximate surface area is 254 Å². The number of anilines is 1. The Morgan fingerprint density at radius 1 is 1.02 bits per heavy atom. The molecule has 3 aromatic carbocycles. The van der Waals surface area contributed by atoms with Crippen molar-refractivity contribution in [2.24, 2.45) is 0 Å². The standard InChI is InChI=1S/C29H25ClN4O4S3/c1-16-5-7-18(8-6-16)34-27(36)25-26(33(29(39)41-25)19-9-11-21(30)17(2)13-19)32-28(34)40-15-24(35)31-22-12-10-20(37-3)14-23(22)38-4/h5-14H,15H2,1-4H3,(H,31,35). The van der Waals surface area contributed by atoms with E-state index in [1.807, 2.05) is 50.2 Å². The number of ether oxygens (including phenoxy) is 2. The number of fused-ring (bicyclic) bond motifs is 1. The van der Waals surface area contributed by atoms with E-state index in [9.17, 15) is 9.59 Å². The number of aryl methyl sites for hydroxylation is 2. The van der Waals surface area contributed by atoms with Gasteiger partial charge in [-0.25, -0.2) is 4.98 Å². The van der Waals surface area contributed by atoms with E-state index in [0.29, 0.717) is 47.4 Å². The molecule has 0 aliphatic heterocycles. The maximum atomic E-state index is 13.9. The first kappa shape index (κ1) is 28.9. The summed E-state index contributed by atoms with van der Waals surface area (Å²) in [5, 5.41) is 3.85. The number of halogens is 1. The van der Waals surface area contributed by atoms with Crippen molar-refractivity contribution in [3.05, 3.63) is 91.1 Å². The van der Waals surface area contributed by atoms with Crippen LogP contribution in [0, 0.1) is 17.8 Å². The van der Waals surface area contributed by atoms with Gasteiger partial charge in [-0.2, -0.15) is 0 Å². The number of carbonyl (C=O) groups is 1. The van der Waals surface area contributed by atoms with Crippen molar-refractivity contribution in [3.8, 4) is 22.9 Å². The fraction of sp³-hybridized carbons (Fsp3) is 0.172. The highest BCUT2D eigenvalue weighted by Crippen LogP contribution is 2.31. The molecule has 0 spiro atoms. The van der Waals surface area contributed by atoms with E-state index < -0.39 is 0 Å². The van der Waals surface area contributed by atoms with Crippen molar-refractivity contribution in [3.63, 3.8) is 0 Å². The van der Waals surface area contributed by atoms with Crippen molar-refractivity contribution in [2.75, 3.05) is 25.3 Å². The van der Waals surface area contributed by atoms with Gasteiger partial charge in [0.25, 0.3) is 5.56 Å². The first-order valence-corrected chi connectivity index (χ1v) is 15.0. The van der Waals surface area contributed by atoms with Gasteiger partial charge < -0.3 is 14.8 Å². The van der Waals surface area contributed by atoms with Crippen molar-refractivity contribution in [1.82, 2.24) is 14.1 Å². The van der Waals surface area contributed by atoms with E-state index in [1.54, 1.807) is 35.9 Å². The van der Waals surface area contributed by atoms with Gasteiger partial charge in [0.1, 0.15) is 16.2 Å². The number of carbonyl (C=O) groups excluding carboxylic acids is 1. The number of hydrogen-bond donors (Lipinski definition) is 1. The van der Waals surface area contributed by atoms with Crippen LogP contribution in [0.25, 0.3) is 21.7 Å². The molecule has 1 N–H and O–H groups in total. The Morgan fingerprint density at radius 3 is 2.44 bits per heavy atom. The smallest absolute Gasteiger partial charge is 0.278 e. The minimum atomic E-state index is -0.293. The van der Waals surface area contributed by atoms with Gasteiger partial charge in [0.15, 0.2) is 14.8 Å². The average molecular weight is 625 g/mol. The highest BCUT2D eigenvalue weighted by Gasteiger charge is 2.20. The number of hydrogen-bond acceptors (Lipinski definition) is 8. The van der Waals surface area contributed by atoms with Crippen LogP contribution in [0.3, 0.4) is 0 Å². The fourth-order valence-corrected chi connectivity index (χ4v) is 6.39. The van der Waals surface area contributed by atoms with Crippen LogP contribution in [0.4, 0.5) is 5.69 Å². The number of thioether (sulfide) groups is 1.